The number of nitro benzene ring substituents is 1. The molecule has 1 aromatic carbocycles. The first-order valence-electron chi connectivity index (χ1n) is 6.23. The van der Waals surface area contributed by atoms with Crippen molar-refractivity contribution in [2.75, 3.05) is 25.5 Å². The van der Waals surface area contributed by atoms with Crippen molar-refractivity contribution in [1.82, 2.24) is 5.32 Å². The molecule has 0 fully saturated rings. The van der Waals surface area contributed by atoms with Crippen LogP contribution in [0.15, 0.2) is 18.2 Å². The van der Waals surface area contributed by atoms with E-state index >= 15 is 0 Å². The Bertz CT molecular complexity index is 541. The first kappa shape index (κ1) is 16.4. The fraction of sp³-hybridized carbons (Fsp3) is 0.385. The molecule has 0 saturated heterocycles. The van der Waals surface area contributed by atoms with Crippen LogP contribution in [-0.2, 0) is 4.79 Å². The standard InChI is InChI=1S/C13H17N3O5/c1-8(12(17)14-2)7-15(3)11-9(13(18)19)5-4-6-10(11)16(20)21/h4-6,8H,7H2,1-3H3,(H,14,17)(H,18,19). The maximum absolute atomic E-state index is 11.5. The van der Waals surface area contributed by atoms with Gasteiger partial charge in [-0.3, -0.25) is 14.9 Å². The molecular formula is C13H17N3O5. The number of nitrogens with one attached hydrogen (secondary N) is 1. The fourth-order valence-corrected chi connectivity index (χ4v) is 2.08. The summed E-state index contributed by atoms with van der Waals surface area (Å²) in [6.45, 7) is 1.81. The highest BCUT2D eigenvalue weighted by atomic mass is 16.6. The van der Waals surface area contributed by atoms with Gasteiger partial charge in [0.05, 0.1) is 16.4 Å². The summed E-state index contributed by atoms with van der Waals surface area (Å²) in [4.78, 5) is 34.6. The Morgan fingerprint density at radius 3 is 2.57 bits per heavy atom. The van der Waals surface area contributed by atoms with Crippen molar-refractivity contribution in [3.05, 3.63) is 33.9 Å². The molecule has 114 valence electrons. The zero-order valence-electron chi connectivity index (χ0n) is 12.0. The second-order valence-electron chi connectivity index (χ2n) is 4.63. The van der Waals surface area contributed by atoms with Crippen LogP contribution in [0, 0.1) is 16.0 Å². The zero-order chi connectivity index (χ0) is 16.2. The van der Waals surface area contributed by atoms with E-state index in [1.807, 2.05) is 0 Å². The highest BCUT2D eigenvalue weighted by molar-refractivity contribution is 5.97. The minimum Gasteiger partial charge on any atom is -0.478 e. The summed E-state index contributed by atoms with van der Waals surface area (Å²) in [5, 5.41) is 22.7. The quantitative estimate of drug-likeness (QED) is 0.600. The van der Waals surface area contributed by atoms with Crippen molar-refractivity contribution in [1.29, 1.82) is 0 Å². The third kappa shape index (κ3) is 3.68. The van der Waals surface area contributed by atoms with E-state index in [1.54, 1.807) is 6.92 Å². The number of rotatable bonds is 6. The van der Waals surface area contributed by atoms with Crippen LogP contribution in [0.1, 0.15) is 17.3 Å². The number of nitrogens with zero attached hydrogens (tertiary/aromatic N) is 2. The van der Waals surface area contributed by atoms with Crippen LogP contribution in [-0.4, -0.2) is 42.5 Å². The predicted octanol–water partition coefficient (Wildman–Crippen LogP) is 1.11. The predicted molar refractivity (Wildman–Crippen MR) is 76.6 cm³/mol. The molecule has 0 spiro atoms. The van der Waals surface area contributed by atoms with E-state index in [1.165, 1.54) is 37.2 Å². The Kier molecular flexibility index (Phi) is 5.23. The lowest BCUT2D eigenvalue weighted by Gasteiger charge is -2.23. The second kappa shape index (κ2) is 6.69. The van der Waals surface area contributed by atoms with Gasteiger partial charge in [-0.05, 0) is 6.07 Å². The molecule has 8 nitrogen and oxygen atoms in total. The van der Waals surface area contributed by atoms with Gasteiger partial charge in [0, 0.05) is 26.7 Å². The van der Waals surface area contributed by atoms with Gasteiger partial charge in [0.2, 0.25) is 5.91 Å². The largest absolute Gasteiger partial charge is 0.478 e. The smallest absolute Gasteiger partial charge is 0.338 e. The van der Waals surface area contributed by atoms with Crippen LogP contribution in [0.2, 0.25) is 0 Å². The van der Waals surface area contributed by atoms with E-state index in [4.69, 9.17) is 0 Å². The number of carbonyl (C=O) groups is 2. The van der Waals surface area contributed by atoms with Crippen LogP contribution < -0.4 is 10.2 Å². The number of benzene rings is 1. The van der Waals surface area contributed by atoms with Gasteiger partial charge >= 0.3 is 5.97 Å². The zero-order valence-corrected chi connectivity index (χ0v) is 12.0. The van der Waals surface area contributed by atoms with Crippen molar-refractivity contribution in [3.8, 4) is 0 Å². The molecule has 1 rings (SSSR count). The summed E-state index contributed by atoms with van der Waals surface area (Å²) in [5.74, 6) is -1.92. The fourth-order valence-electron chi connectivity index (χ4n) is 2.08. The van der Waals surface area contributed by atoms with E-state index < -0.39 is 16.8 Å². The minimum atomic E-state index is -1.26. The van der Waals surface area contributed by atoms with Crippen LogP contribution >= 0.6 is 0 Å². The third-order valence-corrected chi connectivity index (χ3v) is 3.07. The van der Waals surface area contributed by atoms with Crippen molar-refractivity contribution >= 4 is 23.3 Å². The summed E-state index contributed by atoms with van der Waals surface area (Å²) in [6.07, 6.45) is 0. The Morgan fingerprint density at radius 2 is 2.10 bits per heavy atom. The van der Waals surface area contributed by atoms with E-state index in [-0.39, 0.29) is 29.4 Å². The first-order valence-corrected chi connectivity index (χ1v) is 6.23. The van der Waals surface area contributed by atoms with Crippen LogP contribution in [0.25, 0.3) is 0 Å². The number of anilines is 1. The number of carboxylic acid groups (broad SMARTS) is 1. The molecule has 1 aromatic rings. The van der Waals surface area contributed by atoms with Gasteiger partial charge < -0.3 is 15.3 Å². The number of aromatic carboxylic acids is 1. The lowest BCUT2D eigenvalue weighted by Crippen LogP contribution is -2.35. The lowest BCUT2D eigenvalue weighted by molar-refractivity contribution is -0.384. The van der Waals surface area contributed by atoms with Gasteiger partial charge in [-0.15, -0.1) is 0 Å². The average molecular weight is 295 g/mol. The SMILES string of the molecule is CNC(=O)C(C)CN(C)c1c(C(=O)O)cccc1[N+](=O)[O-]. The van der Waals surface area contributed by atoms with E-state index in [0.717, 1.165) is 0 Å². The number of carboxylic acids is 1. The maximum atomic E-state index is 11.5. The molecule has 8 heteroatoms. The summed E-state index contributed by atoms with van der Waals surface area (Å²) in [6, 6.07) is 3.86. The number of amides is 1. The van der Waals surface area contributed by atoms with Crippen molar-refractivity contribution in [2.24, 2.45) is 5.92 Å². The molecule has 1 unspecified atom stereocenters. The van der Waals surface area contributed by atoms with E-state index in [2.05, 4.69) is 5.32 Å². The molecule has 0 bridgehead atoms. The van der Waals surface area contributed by atoms with Gasteiger partial charge in [0.15, 0.2) is 0 Å². The molecule has 0 aliphatic heterocycles. The molecular weight excluding hydrogens is 278 g/mol. The highest BCUT2D eigenvalue weighted by Crippen LogP contribution is 2.31. The average Bonchev–Trinajstić information content (AvgIpc) is 2.44. The van der Waals surface area contributed by atoms with Crippen molar-refractivity contribution < 1.29 is 19.6 Å². The molecule has 0 heterocycles. The Morgan fingerprint density at radius 1 is 1.48 bits per heavy atom. The summed E-state index contributed by atoms with van der Waals surface area (Å²) in [5.41, 5.74) is -0.483. The van der Waals surface area contributed by atoms with Crippen molar-refractivity contribution in [2.45, 2.75) is 6.92 Å². The highest BCUT2D eigenvalue weighted by Gasteiger charge is 2.26. The number of nitro groups is 1. The Balaban J connectivity index is 3.23. The summed E-state index contributed by atoms with van der Waals surface area (Å²) < 4.78 is 0. The topological polar surface area (TPSA) is 113 Å². The number of carbonyl (C=O) groups excluding carboxylic acids is 1. The third-order valence-electron chi connectivity index (χ3n) is 3.07. The lowest BCUT2D eigenvalue weighted by atomic mass is 10.1. The molecule has 2 N–H and O–H groups in total. The molecule has 1 atom stereocenters. The summed E-state index contributed by atoms with van der Waals surface area (Å²) in [7, 11) is 3.01. The molecule has 1 amide bonds. The number of hydrogen-bond acceptors (Lipinski definition) is 5. The van der Waals surface area contributed by atoms with Crippen LogP contribution in [0.4, 0.5) is 11.4 Å². The van der Waals surface area contributed by atoms with Gasteiger partial charge in [0.25, 0.3) is 5.69 Å². The van der Waals surface area contributed by atoms with Crippen molar-refractivity contribution in [3.63, 3.8) is 0 Å². The molecule has 0 aromatic heterocycles. The van der Waals surface area contributed by atoms with Crippen LogP contribution in [0.5, 0.6) is 0 Å². The monoisotopic (exact) mass is 295 g/mol. The van der Waals surface area contributed by atoms with Gasteiger partial charge in [-0.2, -0.15) is 0 Å². The van der Waals surface area contributed by atoms with Crippen LogP contribution in [0.3, 0.4) is 0 Å². The molecule has 0 aliphatic carbocycles. The van der Waals surface area contributed by atoms with Gasteiger partial charge in [-0.1, -0.05) is 13.0 Å². The van der Waals surface area contributed by atoms with Gasteiger partial charge in [0.1, 0.15) is 5.69 Å². The molecule has 0 aliphatic rings. The Labute approximate surface area is 121 Å². The minimum absolute atomic E-state index is 0.00856. The normalized spacial score (nSPS) is 11.6. The maximum Gasteiger partial charge on any atom is 0.338 e. The second-order valence-corrected chi connectivity index (χ2v) is 4.63. The molecule has 0 radical (unpaired) electrons. The van der Waals surface area contributed by atoms with Gasteiger partial charge in [-0.25, -0.2) is 4.79 Å². The first-order chi connectivity index (χ1) is 9.79. The summed E-state index contributed by atoms with van der Waals surface area (Å²) >= 11 is 0. The van der Waals surface area contributed by atoms with E-state index in [0.29, 0.717) is 0 Å². The molecule has 21 heavy (non-hydrogen) atoms. The number of para-hydroxylation sites is 1. The Hall–Kier alpha value is -2.64. The van der Waals surface area contributed by atoms with E-state index in [9.17, 15) is 24.8 Å². The molecule has 0 saturated carbocycles. The number of hydrogen-bond donors (Lipinski definition) is 2.